The molecule has 1 unspecified atom stereocenters. The molecule has 3 nitrogen and oxygen atoms in total. The van der Waals surface area contributed by atoms with Crippen LogP contribution in [0.1, 0.15) is 36.9 Å². The predicted molar refractivity (Wildman–Crippen MR) is 82.4 cm³/mol. The van der Waals surface area contributed by atoms with Crippen LogP contribution in [0.3, 0.4) is 0 Å². The van der Waals surface area contributed by atoms with E-state index in [9.17, 15) is 0 Å². The second-order valence-corrected chi connectivity index (χ2v) is 7.57. The molecule has 2 heterocycles. The summed E-state index contributed by atoms with van der Waals surface area (Å²) < 4.78 is 1.17. The lowest BCUT2D eigenvalue weighted by Gasteiger charge is -2.08. The molecule has 0 fully saturated rings. The first kappa shape index (κ1) is 14.1. The Morgan fingerprint density at radius 1 is 1.39 bits per heavy atom. The van der Waals surface area contributed by atoms with E-state index in [2.05, 4.69) is 58.3 Å². The quantitative estimate of drug-likeness (QED) is 0.872. The van der Waals surface area contributed by atoms with Gasteiger partial charge in [0.05, 0.1) is 14.7 Å². The second kappa shape index (κ2) is 6.23. The van der Waals surface area contributed by atoms with Crippen molar-refractivity contribution in [3.63, 3.8) is 0 Å². The minimum absolute atomic E-state index is 0.278. The van der Waals surface area contributed by atoms with E-state index < -0.39 is 0 Å². The Labute approximate surface area is 124 Å². The van der Waals surface area contributed by atoms with Crippen LogP contribution in [0.25, 0.3) is 9.88 Å². The summed E-state index contributed by atoms with van der Waals surface area (Å²) in [6.45, 7) is 7.41. The third-order valence-corrected chi connectivity index (χ3v) is 5.99. The van der Waals surface area contributed by atoms with Crippen molar-refractivity contribution < 1.29 is 0 Å². The molecule has 0 aliphatic heterocycles. The first-order valence-corrected chi connectivity index (χ1v) is 8.37. The summed E-state index contributed by atoms with van der Waals surface area (Å²) in [6.07, 6.45) is 1.13. The van der Waals surface area contributed by atoms with Crippen molar-refractivity contribution in [2.45, 2.75) is 33.2 Å². The van der Waals surface area contributed by atoms with E-state index in [0.29, 0.717) is 0 Å². The van der Waals surface area contributed by atoms with E-state index >= 15 is 0 Å². The van der Waals surface area contributed by atoms with Crippen LogP contribution in [0.5, 0.6) is 0 Å². The largest absolute Gasteiger partial charge is 0.308 e. The van der Waals surface area contributed by atoms with Crippen molar-refractivity contribution >= 4 is 38.6 Å². The summed E-state index contributed by atoms with van der Waals surface area (Å²) in [5.74, 6) is 0. The first-order valence-electron chi connectivity index (χ1n) is 5.95. The van der Waals surface area contributed by atoms with Gasteiger partial charge < -0.3 is 5.32 Å². The third kappa shape index (κ3) is 3.17. The van der Waals surface area contributed by atoms with Gasteiger partial charge in [-0.15, -0.1) is 21.5 Å². The molecule has 0 saturated carbocycles. The van der Waals surface area contributed by atoms with Gasteiger partial charge in [0.2, 0.25) is 0 Å². The number of rotatable bonds is 5. The highest BCUT2D eigenvalue weighted by molar-refractivity contribution is 9.11. The van der Waals surface area contributed by atoms with Crippen molar-refractivity contribution in [2.75, 3.05) is 6.54 Å². The molecule has 0 amide bonds. The molecule has 1 atom stereocenters. The molecule has 2 aromatic rings. The zero-order valence-electron chi connectivity index (χ0n) is 10.7. The fourth-order valence-corrected chi connectivity index (χ4v) is 3.97. The molecule has 0 bridgehead atoms. The van der Waals surface area contributed by atoms with Crippen molar-refractivity contribution in [3.8, 4) is 9.88 Å². The van der Waals surface area contributed by atoms with Crippen LogP contribution in [0.2, 0.25) is 0 Å². The predicted octanol–water partition coefficient (Wildman–Crippen LogP) is 4.40. The molecule has 0 radical (unpaired) electrons. The Bertz CT molecular complexity index is 502. The van der Waals surface area contributed by atoms with E-state index in [4.69, 9.17) is 0 Å². The Hall–Kier alpha value is -0.300. The lowest BCUT2D eigenvalue weighted by molar-refractivity contribution is 0.564. The normalized spacial score (nSPS) is 12.9. The van der Waals surface area contributed by atoms with Crippen LogP contribution in [0.4, 0.5) is 0 Å². The number of nitrogens with zero attached hydrogens (tertiary/aromatic N) is 2. The first-order chi connectivity index (χ1) is 8.61. The van der Waals surface area contributed by atoms with Crippen LogP contribution < -0.4 is 5.32 Å². The third-order valence-electron chi connectivity index (χ3n) is 2.58. The molecule has 18 heavy (non-hydrogen) atoms. The highest BCUT2D eigenvalue weighted by Crippen LogP contribution is 2.36. The van der Waals surface area contributed by atoms with Crippen LogP contribution in [0.15, 0.2) is 9.85 Å². The van der Waals surface area contributed by atoms with Crippen LogP contribution in [-0.2, 0) is 0 Å². The average molecular weight is 346 g/mol. The van der Waals surface area contributed by atoms with Crippen molar-refractivity contribution in [3.05, 3.63) is 20.4 Å². The smallest absolute Gasteiger partial charge is 0.157 e. The summed E-state index contributed by atoms with van der Waals surface area (Å²) in [7, 11) is 0. The van der Waals surface area contributed by atoms with E-state index in [0.717, 1.165) is 23.0 Å². The van der Waals surface area contributed by atoms with Crippen molar-refractivity contribution in [2.24, 2.45) is 0 Å². The van der Waals surface area contributed by atoms with Gasteiger partial charge in [0, 0.05) is 0 Å². The molecule has 6 heteroatoms. The van der Waals surface area contributed by atoms with Gasteiger partial charge in [-0.1, -0.05) is 18.3 Å². The number of hydrogen-bond donors (Lipinski definition) is 1. The molecular weight excluding hydrogens is 330 g/mol. The standard InChI is InChI=1S/C12H16BrN3S2/c1-4-5-14-8(3)11-15-16-12(18-11)9-6-7(2)10(13)17-9/h6,8,14H,4-5H2,1-3H3. The van der Waals surface area contributed by atoms with Gasteiger partial charge in [-0.05, 0) is 54.4 Å². The molecule has 98 valence electrons. The molecule has 2 aromatic heterocycles. The summed E-state index contributed by atoms with van der Waals surface area (Å²) in [4.78, 5) is 1.19. The Kier molecular flexibility index (Phi) is 4.89. The fraction of sp³-hybridized carbons (Fsp3) is 0.500. The van der Waals surface area contributed by atoms with Gasteiger partial charge in [0.1, 0.15) is 5.01 Å². The lowest BCUT2D eigenvalue weighted by Crippen LogP contribution is -2.18. The van der Waals surface area contributed by atoms with E-state index in [1.165, 1.54) is 14.2 Å². The van der Waals surface area contributed by atoms with E-state index in [1.807, 2.05) is 0 Å². The monoisotopic (exact) mass is 345 g/mol. The van der Waals surface area contributed by atoms with Crippen LogP contribution >= 0.6 is 38.6 Å². The molecule has 2 rings (SSSR count). The fourth-order valence-electron chi connectivity index (χ4n) is 1.52. The summed E-state index contributed by atoms with van der Waals surface area (Å²) in [5.41, 5.74) is 1.25. The molecule has 0 aromatic carbocycles. The minimum atomic E-state index is 0.278. The zero-order valence-corrected chi connectivity index (χ0v) is 13.9. The number of halogens is 1. The maximum absolute atomic E-state index is 4.29. The number of thiophene rings is 1. The van der Waals surface area contributed by atoms with Crippen LogP contribution in [0, 0.1) is 6.92 Å². The number of hydrogen-bond acceptors (Lipinski definition) is 5. The van der Waals surface area contributed by atoms with Gasteiger partial charge >= 0.3 is 0 Å². The number of aryl methyl sites for hydroxylation is 1. The molecule has 0 aliphatic carbocycles. The van der Waals surface area contributed by atoms with E-state index in [-0.39, 0.29) is 6.04 Å². The van der Waals surface area contributed by atoms with Gasteiger partial charge in [-0.3, -0.25) is 0 Å². The Balaban J connectivity index is 2.14. The summed E-state index contributed by atoms with van der Waals surface area (Å²) in [6, 6.07) is 2.43. The molecule has 0 spiro atoms. The molecule has 1 N–H and O–H groups in total. The van der Waals surface area contributed by atoms with Gasteiger partial charge in [-0.2, -0.15) is 0 Å². The van der Waals surface area contributed by atoms with Gasteiger partial charge in [-0.25, -0.2) is 0 Å². The molecular formula is C12H16BrN3S2. The van der Waals surface area contributed by atoms with Crippen molar-refractivity contribution in [1.29, 1.82) is 0 Å². The molecule has 0 aliphatic rings. The zero-order chi connectivity index (χ0) is 13.1. The SMILES string of the molecule is CCCNC(C)c1nnc(-c2cc(C)c(Br)s2)s1. The Morgan fingerprint density at radius 2 is 2.17 bits per heavy atom. The second-order valence-electron chi connectivity index (χ2n) is 4.19. The lowest BCUT2D eigenvalue weighted by atomic mass is 10.3. The number of aromatic nitrogens is 2. The topological polar surface area (TPSA) is 37.8 Å². The van der Waals surface area contributed by atoms with Gasteiger partial charge in [0.15, 0.2) is 5.01 Å². The number of nitrogens with one attached hydrogen (secondary N) is 1. The highest BCUT2D eigenvalue weighted by atomic mass is 79.9. The van der Waals surface area contributed by atoms with Crippen molar-refractivity contribution in [1.82, 2.24) is 15.5 Å². The average Bonchev–Trinajstić information content (AvgIpc) is 2.94. The molecule has 0 saturated heterocycles. The highest BCUT2D eigenvalue weighted by Gasteiger charge is 2.14. The Morgan fingerprint density at radius 3 is 2.78 bits per heavy atom. The van der Waals surface area contributed by atoms with Crippen LogP contribution in [-0.4, -0.2) is 16.7 Å². The van der Waals surface area contributed by atoms with E-state index in [1.54, 1.807) is 22.7 Å². The maximum atomic E-state index is 4.29. The summed E-state index contributed by atoms with van der Waals surface area (Å²) >= 11 is 6.93. The summed E-state index contributed by atoms with van der Waals surface area (Å²) in [5, 5.41) is 14.1. The van der Waals surface area contributed by atoms with Gasteiger partial charge in [0.25, 0.3) is 0 Å². The minimum Gasteiger partial charge on any atom is -0.308 e. The maximum Gasteiger partial charge on any atom is 0.157 e.